The number of ketones is 1. The minimum absolute atomic E-state index is 0.278. The fourth-order valence-corrected chi connectivity index (χ4v) is 2.53. The number of carbonyl (C=O) groups excluding carboxylic acids is 1. The maximum atomic E-state index is 12.9. The van der Waals surface area contributed by atoms with Crippen molar-refractivity contribution in [1.29, 1.82) is 5.26 Å². The molecule has 26 heavy (non-hydrogen) atoms. The predicted octanol–water partition coefficient (Wildman–Crippen LogP) is 3.51. The first-order valence-corrected chi connectivity index (χ1v) is 7.92. The summed E-state index contributed by atoms with van der Waals surface area (Å²) in [4.78, 5) is 12.4. The minimum atomic E-state index is -1.07. The summed E-state index contributed by atoms with van der Waals surface area (Å²) in [6, 6.07) is 17.1. The lowest BCUT2D eigenvalue weighted by Crippen LogP contribution is -2.13. The third-order valence-electron chi connectivity index (χ3n) is 3.92. The maximum Gasteiger partial charge on any atom is 0.180 e. The molecule has 1 aromatic heterocycles. The number of nitriles is 1. The van der Waals surface area contributed by atoms with Gasteiger partial charge in [-0.25, -0.2) is 4.39 Å². The smallest absolute Gasteiger partial charge is 0.180 e. The van der Waals surface area contributed by atoms with Crippen LogP contribution in [0, 0.1) is 17.1 Å². The number of carbonyl (C=O) groups is 1. The average Bonchev–Trinajstić information content (AvgIpc) is 3.04. The minimum Gasteiger partial charge on any atom is -0.313 e. The Morgan fingerprint density at radius 1 is 1.15 bits per heavy atom. The Morgan fingerprint density at radius 2 is 1.85 bits per heavy atom. The SMILES string of the molecule is Cn1c(-c2ccccc2)nnc1[C@H](C#N)C(=O)/C=C/c1ccc(F)cc1. The Kier molecular flexibility index (Phi) is 4.99. The van der Waals surface area contributed by atoms with Crippen LogP contribution in [0.5, 0.6) is 0 Å². The molecule has 0 saturated heterocycles. The molecule has 0 radical (unpaired) electrons. The van der Waals surface area contributed by atoms with Crippen molar-refractivity contribution >= 4 is 11.9 Å². The van der Waals surface area contributed by atoms with Crippen LogP contribution in [0.4, 0.5) is 4.39 Å². The van der Waals surface area contributed by atoms with Crippen LogP contribution in [-0.4, -0.2) is 20.5 Å². The topological polar surface area (TPSA) is 71.6 Å². The number of hydrogen-bond acceptors (Lipinski definition) is 4. The van der Waals surface area contributed by atoms with Gasteiger partial charge in [-0.15, -0.1) is 10.2 Å². The number of rotatable bonds is 5. The van der Waals surface area contributed by atoms with E-state index in [9.17, 15) is 14.4 Å². The molecule has 5 nitrogen and oxygen atoms in total. The summed E-state index contributed by atoms with van der Waals surface area (Å²) in [7, 11) is 1.72. The van der Waals surface area contributed by atoms with Crippen LogP contribution in [0.25, 0.3) is 17.5 Å². The highest BCUT2D eigenvalue weighted by Crippen LogP contribution is 2.22. The van der Waals surface area contributed by atoms with Gasteiger partial charge in [0.1, 0.15) is 5.82 Å². The van der Waals surface area contributed by atoms with Gasteiger partial charge in [-0.3, -0.25) is 4.79 Å². The van der Waals surface area contributed by atoms with Crippen LogP contribution in [0.3, 0.4) is 0 Å². The number of allylic oxidation sites excluding steroid dienone is 1. The Hall–Kier alpha value is -3.59. The van der Waals surface area contributed by atoms with E-state index in [0.717, 1.165) is 5.56 Å². The van der Waals surface area contributed by atoms with Crippen molar-refractivity contribution in [2.75, 3.05) is 0 Å². The van der Waals surface area contributed by atoms with Crippen molar-refractivity contribution < 1.29 is 9.18 Å². The normalized spacial score (nSPS) is 12.0. The van der Waals surface area contributed by atoms with Crippen molar-refractivity contribution in [2.45, 2.75) is 5.92 Å². The van der Waals surface area contributed by atoms with E-state index in [1.54, 1.807) is 29.8 Å². The van der Waals surface area contributed by atoms with Crippen LogP contribution in [0.2, 0.25) is 0 Å². The average molecular weight is 346 g/mol. The summed E-state index contributed by atoms with van der Waals surface area (Å²) in [5.41, 5.74) is 1.51. The lowest BCUT2D eigenvalue weighted by molar-refractivity contribution is -0.115. The summed E-state index contributed by atoms with van der Waals surface area (Å²) in [6.07, 6.45) is 2.85. The molecular weight excluding hydrogens is 331 g/mol. The molecule has 0 saturated carbocycles. The Morgan fingerprint density at radius 3 is 2.50 bits per heavy atom. The van der Waals surface area contributed by atoms with Crippen LogP contribution >= 0.6 is 0 Å². The van der Waals surface area contributed by atoms with E-state index in [4.69, 9.17) is 0 Å². The molecule has 0 spiro atoms. The number of nitrogens with zero attached hydrogens (tertiary/aromatic N) is 4. The van der Waals surface area contributed by atoms with Crippen LogP contribution < -0.4 is 0 Å². The molecule has 1 heterocycles. The molecule has 0 aliphatic rings. The summed E-state index contributed by atoms with van der Waals surface area (Å²) >= 11 is 0. The summed E-state index contributed by atoms with van der Waals surface area (Å²) in [5.74, 6) is -0.972. The van der Waals surface area contributed by atoms with Gasteiger partial charge in [0.25, 0.3) is 0 Å². The van der Waals surface area contributed by atoms with Crippen molar-refractivity contribution in [3.63, 3.8) is 0 Å². The third-order valence-corrected chi connectivity index (χ3v) is 3.92. The van der Waals surface area contributed by atoms with Gasteiger partial charge in [0.05, 0.1) is 6.07 Å². The van der Waals surface area contributed by atoms with Gasteiger partial charge < -0.3 is 4.57 Å². The molecule has 0 fully saturated rings. The van der Waals surface area contributed by atoms with Gasteiger partial charge >= 0.3 is 0 Å². The molecule has 2 aromatic carbocycles. The highest BCUT2D eigenvalue weighted by atomic mass is 19.1. The molecule has 128 valence electrons. The zero-order chi connectivity index (χ0) is 18.5. The van der Waals surface area contributed by atoms with E-state index in [-0.39, 0.29) is 11.6 Å². The van der Waals surface area contributed by atoms with Gasteiger partial charge in [-0.05, 0) is 23.8 Å². The number of aromatic nitrogens is 3. The monoisotopic (exact) mass is 346 g/mol. The summed E-state index contributed by atoms with van der Waals surface area (Å²) in [5, 5.41) is 17.6. The van der Waals surface area contributed by atoms with Gasteiger partial charge in [0.15, 0.2) is 23.3 Å². The molecular formula is C20H15FN4O. The zero-order valence-electron chi connectivity index (χ0n) is 14.0. The second kappa shape index (κ2) is 7.53. The number of halogens is 1. The lowest BCUT2D eigenvalue weighted by Gasteiger charge is -2.06. The Balaban J connectivity index is 1.85. The lowest BCUT2D eigenvalue weighted by atomic mass is 10.0. The van der Waals surface area contributed by atoms with E-state index < -0.39 is 11.7 Å². The standard InChI is InChI=1S/C20H15FN4O/c1-25-19(15-5-3-2-4-6-15)23-24-20(25)17(13-22)18(26)12-9-14-7-10-16(21)11-8-14/h2-12,17H,1H3/b12-9+/t17-/m1/s1. The molecule has 0 N–H and O–H groups in total. The predicted molar refractivity (Wildman–Crippen MR) is 95.2 cm³/mol. The van der Waals surface area contributed by atoms with Crippen LogP contribution in [0.15, 0.2) is 60.7 Å². The Bertz CT molecular complexity index is 985. The number of benzene rings is 2. The number of hydrogen-bond donors (Lipinski definition) is 0. The molecule has 0 aliphatic carbocycles. The quantitative estimate of drug-likeness (QED) is 0.663. The zero-order valence-corrected chi connectivity index (χ0v) is 14.0. The van der Waals surface area contributed by atoms with Crippen molar-refractivity contribution in [2.24, 2.45) is 7.05 Å². The van der Waals surface area contributed by atoms with E-state index in [1.165, 1.54) is 18.2 Å². The molecule has 0 unspecified atom stereocenters. The van der Waals surface area contributed by atoms with Gasteiger partial charge in [0.2, 0.25) is 0 Å². The van der Waals surface area contributed by atoms with Crippen molar-refractivity contribution in [1.82, 2.24) is 14.8 Å². The molecule has 1 atom stereocenters. The molecule has 0 aliphatic heterocycles. The Labute approximate surface area is 150 Å². The van der Waals surface area contributed by atoms with E-state index in [2.05, 4.69) is 10.2 Å². The first kappa shape index (κ1) is 17.2. The van der Waals surface area contributed by atoms with Gasteiger partial charge in [-0.2, -0.15) is 5.26 Å². The molecule has 3 rings (SSSR count). The summed E-state index contributed by atoms with van der Waals surface area (Å²) < 4.78 is 14.6. The first-order chi connectivity index (χ1) is 12.6. The largest absolute Gasteiger partial charge is 0.313 e. The van der Waals surface area contributed by atoms with E-state index in [1.807, 2.05) is 36.4 Å². The van der Waals surface area contributed by atoms with Crippen molar-refractivity contribution in [3.05, 3.63) is 77.9 Å². The highest BCUT2D eigenvalue weighted by Gasteiger charge is 2.25. The van der Waals surface area contributed by atoms with Crippen molar-refractivity contribution in [3.8, 4) is 17.5 Å². The fraction of sp³-hybridized carbons (Fsp3) is 0.100. The van der Waals surface area contributed by atoms with E-state index >= 15 is 0 Å². The van der Waals surface area contributed by atoms with E-state index in [0.29, 0.717) is 11.4 Å². The molecule has 3 aromatic rings. The van der Waals surface area contributed by atoms with Crippen LogP contribution in [-0.2, 0) is 11.8 Å². The second-order valence-electron chi connectivity index (χ2n) is 5.66. The first-order valence-electron chi connectivity index (χ1n) is 7.92. The molecule has 0 bridgehead atoms. The fourth-order valence-electron chi connectivity index (χ4n) is 2.53. The maximum absolute atomic E-state index is 12.9. The van der Waals surface area contributed by atoms with Gasteiger partial charge in [0, 0.05) is 12.6 Å². The summed E-state index contributed by atoms with van der Waals surface area (Å²) in [6.45, 7) is 0. The third kappa shape index (κ3) is 3.57. The molecule has 0 amide bonds. The molecule has 6 heteroatoms. The van der Waals surface area contributed by atoms with Gasteiger partial charge in [-0.1, -0.05) is 48.5 Å². The van der Waals surface area contributed by atoms with Crippen LogP contribution in [0.1, 0.15) is 17.3 Å². The second-order valence-corrected chi connectivity index (χ2v) is 5.66. The highest BCUT2D eigenvalue weighted by molar-refractivity contribution is 5.99.